The first-order valence-electron chi connectivity index (χ1n) is 6.29. The van der Waals surface area contributed by atoms with Crippen molar-refractivity contribution in [3.63, 3.8) is 0 Å². The van der Waals surface area contributed by atoms with Gasteiger partial charge in [0.05, 0.1) is 12.2 Å². The zero-order valence-corrected chi connectivity index (χ0v) is 12.3. The fourth-order valence-corrected chi connectivity index (χ4v) is 3.17. The molecule has 0 saturated carbocycles. The van der Waals surface area contributed by atoms with Crippen LogP contribution in [0.15, 0.2) is 35.7 Å². The first-order chi connectivity index (χ1) is 8.81. The van der Waals surface area contributed by atoms with Gasteiger partial charge in [0, 0.05) is 30.1 Å². The summed E-state index contributed by atoms with van der Waals surface area (Å²) >= 11 is 1.74. The van der Waals surface area contributed by atoms with Gasteiger partial charge in [0.1, 0.15) is 5.01 Å². The second-order valence-corrected chi connectivity index (χ2v) is 5.72. The van der Waals surface area contributed by atoms with E-state index in [2.05, 4.69) is 22.4 Å². The van der Waals surface area contributed by atoms with Gasteiger partial charge in [0.2, 0.25) is 0 Å². The summed E-state index contributed by atoms with van der Waals surface area (Å²) in [4.78, 5) is 7.09. The summed E-state index contributed by atoms with van der Waals surface area (Å²) in [6, 6.07) is 10.7. The van der Waals surface area contributed by atoms with Crippen LogP contribution in [0.5, 0.6) is 0 Å². The van der Waals surface area contributed by atoms with Crippen LogP contribution in [0, 0.1) is 0 Å². The van der Waals surface area contributed by atoms with Crippen LogP contribution >= 0.6 is 23.7 Å². The number of halogens is 1. The van der Waals surface area contributed by atoms with Crippen molar-refractivity contribution >= 4 is 23.7 Å². The van der Waals surface area contributed by atoms with Gasteiger partial charge in [-0.15, -0.1) is 23.7 Å². The largest absolute Gasteiger partial charge is 0.326 e. The number of nitrogens with zero attached hydrogens (tertiary/aromatic N) is 2. The van der Waals surface area contributed by atoms with Gasteiger partial charge < -0.3 is 5.73 Å². The van der Waals surface area contributed by atoms with Crippen LogP contribution in [-0.2, 0) is 6.54 Å². The Morgan fingerprint density at radius 2 is 2.11 bits per heavy atom. The lowest BCUT2D eigenvalue weighted by molar-refractivity contribution is 0.326. The molecule has 1 aliphatic heterocycles. The Balaban J connectivity index is 0.00000133. The Labute approximate surface area is 123 Å². The predicted octanol–water partition coefficient (Wildman–Crippen LogP) is 2.76. The topological polar surface area (TPSA) is 42.1 Å². The number of hydrogen-bond donors (Lipinski definition) is 1. The third-order valence-corrected chi connectivity index (χ3v) is 4.12. The Morgan fingerprint density at radius 3 is 2.79 bits per heavy atom. The van der Waals surface area contributed by atoms with Gasteiger partial charge in [-0.3, -0.25) is 4.90 Å². The summed E-state index contributed by atoms with van der Waals surface area (Å²) in [6.45, 7) is 3.03. The van der Waals surface area contributed by atoms with Crippen molar-refractivity contribution in [1.29, 1.82) is 0 Å². The molecule has 0 bridgehead atoms. The van der Waals surface area contributed by atoms with Crippen LogP contribution in [0.25, 0.3) is 11.3 Å². The van der Waals surface area contributed by atoms with E-state index in [0.717, 1.165) is 31.7 Å². The van der Waals surface area contributed by atoms with E-state index in [9.17, 15) is 0 Å². The first-order valence-corrected chi connectivity index (χ1v) is 7.17. The van der Waals surface area contributed by atoms with Crippen molar-refractivity contribution in [2.75, 3.05) is 13.1 Å². The van der Waals surface area contributed by atoms with E-state index in [1.54, 1.807) is 11.3 Å². The molecule has 102 valence electrons. The van der Waals surface area contributed by atoms with Gasteiger partial charge in [-0.05, 0) is 6.42 Å². The molecule has 1 aliphatic rings. The summed E-state index contributed by atoms with van der Waals surface area (Å²) in [5.74, 6) is 0. The van der Waals surface area contributed by atoms with Crippen molar-refractivity contribution in [3.8, 4) is 11.3 Å². The molecule has 1 aromatic heterocycles. The minimum absolute atomic E-state index is 0. The van der Waals surface area contributed by atoms with Gasteiger partial charge in [-0.1, -0.05) is 30.3 Å². The fourth-order valence-electron chi connectivity index (χ4n) is 2.32. The summed E-state index contributed by atoms with van der Waals surface area (Å²) in [5.41, 5.74) is 8.19. The second-order valence-electron chi connectivity index (χ2n) is 4.78. The van der Waals surface area contributed by atoms with Crippen molar-refractivity contribution in [2.45, 2.75) is 19.0 Å². The summed E-state index contributed by atoms with van der Waals surface area (Å²) in [7, 11) is 0. The van der Waals surface area contributed by atoms with E-state index in [1.165, 1.54) is 10.6 Å². The molecule has 1 atom stereocenters. The molecule has 1 fully saturated rings. The standard InChI is InChI=1S/C14H17N3S.ClH/c15-12-6-7-17(8-12)9-14-16-13(10-18-14)11-4-2-1-3-5-11;/h1-5,10,12H,6-9,15H2;1H. The van der Waals surface area contributed by atoms with E-state index >= 15 is 0 Å². The van der Waals surface area contributed by atoms with Crippen LogP contribution in [0.2, 0.25) is 0 Å². The fraction of sp³-hybridized carbons (Fsp3) is 0.357. The summed E-state index contributed by atoms with van der Waals surface area (Å²) in [6.07, 6.45) is 1.11. The van der Waals surface area contributed by atoms with Crippen LogP contribution in [0.1, 0.15) is 11.4 Å². The minimum atomic E-state index is 0. The predicted molar refractivity (Wildman–Crippen MR) is 82.7 cm³/mol. The molecule has 2 heterocycles. The van der Waals surface area contributed by atoms with E-state index in [0.29, 0.717) is 6.04 Å². The molecule has 19 heavy (non-hydrogen) atoms. The number of benzene rings is 1. The highest BCUT2D eigenvalue weighted by molar-refractivity contribution is 7.09. The highest BCUT2D eigenvalue weighted by Gasteiger charge is 2.19. The maximum absolute atomic E-state index is 5.92. The molecule has 1 saturated heterocycles. The molecule has 0 amide bonds. The quantitative estimate of drug-likeness (QED) is 0.947. The summed E-state index contributed by atoms with van der Waals surface area (Å²) < 4.78 is 0. The third-order valence-electron chi connectivity index (χ3n) is 3.29. The van der Waals surface area contributed by atoms with E-state index in [1.807, 2.05) is 18.2 Å². The average Bonchev–Trinajstić information content (AvgIpc) is 3.01. The number of thiazole rings is 1. The lowest BCUT2D eigenvalue weighted by Crippen LogP contribution is -2.26. The van der Waals surface area contributed by atoms with Crippen LogP contribution in [-0.4, -0.2) is 29.0 Å². The molecule has 1 aromatic carbocycles. The van der Waals surface area contributed by atoms with E-state index < -0.39 is 0 Å². The molecular weight excluding hydrogens is 278 g/mol. The van der Waals surface area contributed by atoms with Gasteiger partial charge in [0.25, 0.3) is 0 Å². The average molecular weight is 296 g/mol. The third kappa shape index (κ3) is 3.54. The monoisotopic (exact) mass is 295 g/mol. The SMILES string of the molecule is Cl.NC1CCN(Cc2nc(-c3ccccc3)cs2)C1. The van der Waals surface area contributed by atoms with Crippen molar-refractivity contribution < 1.29 is 0 Å². The first kappa shape index (κ1) is 14.5. The Hall–Kier alpha value is -0.940. The molecule has 5 heteroatoms. The molecule has 3 nitrogen and oxygen atoms in total. The van der Waals surface area contributed by atoms with Crippen LogP contribution < -0.4 is 5.73 Å². The molecule has 0 spiro atoms. The van der Waals surface area contributed by atoms with Crippen molar-refractivity contribution in [1.82, 2.24) is 9.88 Å². The van der Waals surface area contributed by atoms with Gasteiger partial charge in [-0.25, -0.2) is 4.98 Å². The van der Waals surface area contributed by atoms with E-state index in [4.69, 9.17) is 10.7 Å². The summed E-state index contributed by atoms with van der Waals surface area (Å²) in [5, 5.41) is 3.32. The Bertz CT molecular complexity index is 514. The molecule has 1 unspecified atom stereocenters. The molecule has 2 N–H and O–H groups in total. The number of nitrogens with two attached hydrogens (primary N) is 1. The minimum Gasteiger partial charge on any atom is -0.326 e. The number of aromatic nitrogens is 1. The highest BCUT2D eigenvalue weighted by Crippen LogP contribution is 2.23. The van der Waals surface area contributed by atoms with Gasteiger partial charge >= 0.3 is 0 Å². The van der Waals surface area contributed by atoms with Crippen molar-refractivity contribution in [2.24, 2.45) is 5.73 Å². The normalized spacial score (nSPS) is 19.3. The zero-order chi connectivity index (χ0) is 12.4. The molecule has 0 aliphatic carbocycles. The molecular formula is C14H18ClN3S. The maximum atomic E-state index is 5.92. The van der Waals surface area contributed by atoms with Crippen LogP contribution in [0.3, 0.4) is 0 Å². The van der Waals surface area contributed by atoms with E-state index in [-0.39, 0.29) is 12.4 Å². The van der Waals surface area contributed by atoms with Crippen molar-refractivity contribution in [3.05, 3.63) is 40.7 Å². The van der Waals surface area contributed by atoms with Gasteiger partial charge in [-0.2, -0.15) is 0 Å². The number of likely N-dealkylation sites (tertiary alicyclic amines) is 1. The maximum Gasteiger partial charge on any atom is 0.107 e. The zero-order valence-electron chi connectivity index (χ0n) is 10.7. The Kier molecular flexibility index (Phi) is 4.93. The lowest BCUT2D eigenvalue weighted by atomic mass is 10.2. The van der Waals surface area contributed by atoms with Crippen LogP contribution in [0.4, 0.5) is 0 Å². The molecule has 3 rings (SSSR count). The number of rotatable bonds is 3. The lowest BCUT2D eigenvalue weighted by Gasteiger charge is -2.12. The smallest absolute Gasteiger partial charge is 0.107 e. The number of hydrogen-bond acceptors (Lipinski definition) is 4. The molecule has 2 aromatic rings. The Morgan fingerprint density at radius 1 is 1.32 bits per heavy atom. The van der Waals surface area contributed by atoms with Gasteiger partial charge in [0.15, 0.2) is 0 Å². The molecule has 0 radical (unpaired) electrons. The second kappa shape index (κ2) is 6.48. The highest BCUT2D eigenvalue weighted by atomic mass is 35.5.